The van der Waals surface area contributed by atoms with Crippen molar-refractivity contribution in [3.8, 4) is 11.4 Å². The van der Waals surface area contributed by atoms with Gasteiger partial charge in [-0.1, -0.05) is 81.3 Å². The van der Waals surface area contributed by atoms with E-state index in [9.17, 15) is 9.59 Å². The van der Waals surface area contributed by atoms with Gasteiger partial charge in [-0.2, -0.15) is 9.50 Å². The number of thiazole rings is 1. The molecule has 9 heteroatoms. The molecular formula is C25H14BrClN4O2S. The van der Waals surface area contributed by atoms with Gasteiger partial charge < -0.3 is 4.90 Å². The summed E-state index contributed by atoms with van der Waals surface area (Å²) in [5.74, 6) is 0.249. The van der Waals surface area contributed by atoms with Crippen LogP contribution in [-0.2, 0) is 11.3 Å². The molecule has 3 heterocycles. The van der Waals surface area contributed by atoms with Crippen molar-refractivity contribution < 1.29 is 4.79 Å². The molecule has 2 aromatic heterocycles. The molecule has 0 radical (unpaired) electrons. The molecular weight excluding hydrogens is 536 g/mol. The van der Waals surface area contributed by atoms with E-state index in [1.165, 1.54) is 15.9 Å². The second-order valence-electron chi connectivity index (χ2n) is 7.79. The topological polar surface area (TPSA) is 67.6 Å². The lowest BCUT2D eigenvalue weighted by molar-refractivity contribution is -0.113. The molecule has 6 rings (SSSR count). The third-order valence-corrected chi connectivity index (χ3v) is 7.42. The van der Waals surface area contributed by atoms with Crippen molar-refractivity contribution in [1.82, 2.24) is 14.6 Å². The molecule has 0 spiro atoms. The summed E-state index contributed by atoms with van der Waals surface area (Å²) in [5, 5.41) is 5.04. The number of benzene rings is 3. The van der Waals surface area contributed by atoms with Gasteiger partial charge in [0.15, 0.2) is 5.82 Å². The number of rotatable bonds is 3. The van der Waals surface area contributed by atoms with E-state index >= 15 is 0 Å². The minimum atomic E-state index is -0.350. The monoisotopic (exact) mass is 548 g/mol. The molecule has 1 aliphatic heterocycles. The van der Waals surface area contributed by atoms with Crippen LogP contribution in [0.3, 0.4) is 0 Å². The summed E-state index contributed by atoms with van der Waals surface area (Å²) in [4.78, 5) is 33.7. The number of carbonyl (C=O) groups excluding carboxylic acids is 1. The third-order valence-electron chi connectivity index (χ3n) is 5.65. The summed E-state index contributed by atoms with van der Waals surface area (Å²) in [5.41, 5.74) is 3.24. The van der Waals surface area contributed by atoms with Crippen LogP contribution in [0, 0.1) is 0 Å². The van der Waals surface area contributed by atoms with Crippen molar-refractivity contribution in [1.29, 1.82) is 0 Å². The van der Waals surface area contributed by atoms with Gasteiger partial charge in [-0.3, -0.25) is 9.59 Å². The highest BCUT2D eigenvalue weighted by Gasteiger charge is 2.34. The van der Waals surface area contributed by atoms with Crippen molar-refractivity contribution >= 4 is 61.0 Å². The van der Waals surface area contributed by atoms with E-state index < -0.39 is 0 Å². The highest BCUT2D eigenvalue weighted by molar-refractivity contribution is 9.10. The maximum Gasteiger partial charge on any atom is 0.291 e. The molecule has 166 valence electrons. The molecule has 1 aliphatic rings. The number of carbonyl (C=O) groups is 1. The molecule has 0 unspecified atom stereocenters. The lowest BCUT2D eigenvalue weighted by Crippen LogP contribution is -2.32. The Morgan fingerprint density at radius 1 is 0.971 bits per heavy atom. The van der Waals surface area contributed by atoms with Crippen molar-refractivity contribution in [3.63, 3.8) is 0 Å². The number of anilines is 1. The zero-order chi connectivity index (χ0) is 23.4. The van der Waals surface area contributed by atoms with E-state index in [4.69, 9.17) is 11.6 Å². The van der Waals surface area contributed by atoms with Gasteiger partial charge in [0.05, 0.1) is 17.8 Å². The van der Waals surface area contributed by atoms with Crippen molar-refractivity contribution in [2.75, 3.05) is 4.90 Å². The average molecular weight is 550 g/mol. The minimum Gasteiger partial charge on any atom is -0.303 e. The third kappa shape index (κ3) is 3.46. The SMILES string of the molecule is O=C1/C(=c2\sc3nc(-c4ccccc4)nn3c2=O)c2cc(Br)ccc2N1Cc1ccc(Cl)cc1. The molecule has 1 amide bonds. The van der Waals surface area contributed by atoms with Crippen molar-refractivity contribution in [3.05, 3.63) is 108 Å². The van der Waals surface area contributed by atoms with Gasteiger partial charge in [0.1, 0.15) is 4.53 Å². The van der Waals surface area contributed by atoms with Crippen LogP contribution in [0.1, 0.15) is 11.1 Å². The Morgan fingerprint density at radius 3 is 2.47 bits per heavy atom. The molecule has 0 saturated carbocycles. The first-order valence-electron chi connectivity index (χ1n) is 10.3. The van der Waals surface area contributed by atoms with E-state index in [2.05, 4.69) is 26.0 Å². The molecule has 0 N–H and O–H groups in total. The van der Waals surface area contributed by atoms with Gasteiger partial charge in [-0.05, 0) is 35.9 Å². The van der Waals surface area contributed by atoms with Gasteiger partial charge in [0, 0.05) is 20.6 Å². The van der Waals surface area contributed by atoms with Crippen LogP contribution < -0.4 is 15.0 Å². The van der Waals surface area contributed by atoms with Gasteiger partial charge in [-0.15, -0.1) is 5.10 Å². The average Bonchev–Trinajstić information content (AvgIpc) is 3.47. The Hall–Kier alpha value is -3.33. The Bertz CT molecular complexity index is 1700. The number of aromatic nitrogens is 3. The Morgan fingerprint density at radius 2 is 1.74 bits per heavy atom. The normalized spacial score (nSPS) is 14.8. The van der Waals surface area contributed by atoms with Crippen LogP contribution >= 0.6 is 38.9 Å². The van der Waals surface area contributed by atoms with Crippen LogP contribution in [0.25, 0.3) is 21.9 Å². The van der Waals surface area contributed by atoms with Crippen LogP contribution in [-0.4, -0.2) is 20.5 Å². The maximum atomic E-state index is 13.7. The molecule has 0 bridgehead atoms. The molecule has 6 nitrogen and oxygen atoms in total. The fourth-order valence-corrected chi connectivity index (χ4v) is 5.53. The largest absolute Gasteiger partial charge is 0.303 e. The fraction of sp³-hybridized carbons (Fsp3) is 0.0400. The van der Waals surface area contributed by atoms with Crippen LogP contribution in [0.2, 0.25) is 5.02 Å². The molecule has 3 aromatic carbocycles. The minimum absolute atomic E-state index is 0.229. The molecule has 34 heavy (non-hydrogen) atoms. The first-order chi connectivity index (χ1) is 16.5. The first-order valence-corrected chi connectivity index (χ1v) is 12.3. The standard InChI is InChI=1S/C25H14BrClN4O2S/c26-16-8-11-19-18(12-16)20(23(32)30(19)13-14-6-9-17(27)10-7-14)21-24(33)31-25(34-21)28-22(29-31)15-4-2-1-3-5-15/h1-12H,13H2/b21-20-. The number of amides is 1. The fourth-order valence-electron chi connectivity index (χ4n) is 4.05. The zero-order valence-electron chi connectivity index (χ0n) is 17.4. The van der Waals surface area contributed by atoms with Gasteiger partial charge in [0.25, 0.3) is 11.5 Å². The number of hydrogen-bond donors (Lipinski definition) is 0. The maximum absolute atomic E-state index is 13.7. The second kappa shape index (κ2) is 8.16. The quantitative estimate of drug-likeness (QED) is 0.327. The summed E-state index contributed by atoms with van der Waals surface area (Å²) in [7, 11) is 0. The van der Waals surface area contributed by atoms with Gasteiger partial charge in [-0.25, -0.2) is 0 Å². The summed E-state index contributed by atoms with van der Waals surface area (Å²) < 4.78 is 2.43. The molecule has 0 atom stereocenters. The van der Waals surface area contributed by atoms with E-state index in [0.29, 0.717) is 38.0 Å². The first kappa shape index (κ1) is 21.2. The van der Waals surface area contributed by atoms with Gasteiger partial charge >= 0.3 is 0 Å². The lowest BCUT2D eigenvalue weighted by atomic mass is 10.1. The lowest BCUT2D eigenvalue weighted by Gasteiger charge is -2.17. The Labute approximate surface area is 210 Å². The van der Waals surface area contributed by atoms with Crippen LogP contribution in [0.15, 0.2) is 82.1 Å². The number of halogens is 2. The highest BCUT2D eigenvalue weighted by Crippen LogP contribution is 2.38. The predicted molar refractivity (Wildman–Crippen MR) is 137 cm³/mol. The summed E-state index contributed by atoms with van der Waals surface area (Å²) in [6.07, 6.45) is 0. The molecule has 0 saturated heterocycles. The van der Waals surface area contributed by atoms with Crippen LogP contribution in [0.4, 0.5) is 5.69 Å². The van der Waals surface area contributed by atoms with Crippen molar-refractivity contribution in [2.24, 2.45) is 0 Å². The smallest absolute Gasteiger partial charge is 0.291 e. The van der Waals surface area contributed by atoms with Gasteiger partial charge in [0.2, 0.25) is 4.96 Å². The number of hydrogen-bond acceptors (Lipinski definition) is 5. The summed E-state index contributed by atoms with van der Waals surface area (Å²) >= 11 is 10.7. The molecule has 0 aliphatic carbocycles. The van der Waals surface area contributed by atoms with E-state index in [1.54, 1.807) is 17.0 Å². The Kier molecular flexibility index (Phi) is 5.09. The summed E-state index contributed by atoms with van der Waals surface area (Å²) in [6, 6.07) is 22.5. The van der Waals surface area contributed by atoms with E-state index in [-0.39, 0.29) is 11.5 Å². The molecule has 0 fully saturated rings. The van der Waals surface area contributed by atoms with Crippen LogP contribution in [0.5, 0.6) is 0 Å². The van der Waals surface area contributed by atoms with E-state index in [1.807, 2.05) is 60.7 Å². The molecule has 5 aromatic rings. The number of fused-ring (bicyclic) bond motifs is 2. The van der Waals surface area contributed by atoms with Crippen molar-refractivity contribution in [2.45, 2.75) is 6.54 Å². The predicted octanol–water partition coefficient (Wildman–Crippen LogP) is 4.70. The second-order valence-corrected chi connectivity index (χ2v) is 10.1. The van der Waals surface area contributed by atoms with E-state index in [0.717, 1.165) is 21.3 Å². The summed E-state index contributed by atoms with van der Waals surface area (Å²) in [6.45, 7) is 0.362. The zero-order valence-corrected chi connectivity index (χ0v) is 20.6. The highest BCUT2D eigenvalue weighted by atomic mass is 79.9. The number of nitrogens with zero attached hydrogens (tertiary/aromatic N) is 4. The Balaban J connectivity index is 1.51.